The maximum Gasteiger partial charge on any atom is 0.573 e. The van der Waals surface area contributed by atoms with Gasteiger partial charge in [0.05, 0.1) is 14.5 Å². The minimum absolute atomic E-state index is 0.0244. The van der Waals surface area contributed by atoms with Crippen LogP contribution in [0.5, 0.6) is 5.75 Å². The molecule has 0 unspecified atom stereocenters. The molecule has 0 saturated carbocycles. The Morgan fingerprint density at radius 2 is 1.67 bits per heavy atom. The van der Waals surface area contributed by atoms with Crippen LogP contribution >= 0.6 is 50.7 Å². The Labute approximate surface area is 106 Å². The molecule has 0 aromatic heterocycles. The molecule has 84 valence electrons. The molecule has 0 aliphatic carbocycles. The number of ether oxygens (including phenoxy) is 1. The molecule has 0 aliphatic rings. The number of hydrogen-bond acceptors (Lipinski definition) is 1. The van der Waals surface area contributed by atoms with E-state index in [1.165, 1.54) is 0 Å². The smallest absolute Gasteiger partial charge is 0.404 e. The van der Waals surface area contributed by atoms with Crippen LogP contribution < -0.4 is 4.74 Å². The molecular formula is C7HBrCl3F3O. The van der Waals surface area contributed by atoms with E-state index in [-0.39, 0.29) is 19.5 Å². The molecule has 0 fully saturated rings. The van der Waals surface area contributed by atoms with Crippen LogP contribution in [0.15, 0.2) is 10.5 Å². The number of halogens is 7. The average Bonchev–Trinajstić information content (AvgIpc) is 2.08. The summed E-state index contributed by atoms with van der Waals surface area (Å²) in [6.07, 6.45) is -4.84. The highest BCUT2D eigenvalue weighted by atomic mass is 79.9. The van der Waals surface area contributed by atoms with Crippen LogP contribution in [-0.2, 0) is 0 Å². The van der Waals surface area contributed by atoms with Crippen LogP contribution in [0.1, 0.15) is 0 Å². The van der Waals surface area contributed by atoms with Crippen molar-refractivity contribution in [2.24, 2.45) is 0 Å². The molecule has 0 aliphatic heterocycles. The monoisotopic (exact) mass is 342 g/mol. The number of rotatable bonds is 1. The Morgan fingerprint density at radius 3 is 2.13 bits per heavy atom. The van der Waals surface area contributed by atoms with E-state index in [0.29, 0.717) is 0 Å². The summed E-state index contributed by atoms with van der Waals surface area (Å²) in [7, 11) is 0. The maximum atomic E-state index is 11.9. The van der Waals surface area contributed by atoms with Gasteiger partial charge >= 0.3 is 6.36 Å². The average molecular weight is 344 g/mol. The Morgan fingerprint density at radius 1 is 1.13 bits per heavy atom. The Balaban J connectivity index is 3.21. The van der Waals surface area contributed by atoms with Crippen molar-refractivity contribution >= 4 is 50.7 Å². The zero-order valence-corrected chi connectivity index (χ0v) is 10.5. The zero-order chi connectivity index (χ0) is 11.8. The van der Waals surface area contributed by atoms with Crippen molar-refractivity contribution in [1.82, 2.24) is 0 Å². The van der Waals surface area contributed by atoms with Gasteiger partial charge in [0, 0.05) is 6.07 Å². The van der Waals surface area contributed by atoms with Crippen molar-refractivity contribution < 1.29 is 17.9 Å². The van der Waals surface area contributed by atoms with Gasteiger partial charge in [0.25, 0.3) is 0 Å². The fourth-order valence-electron chi connectivity index (χ4n) is 0.750. The quantitative estimate of drug-likeness (QED) is 0.496. The van der Waals surface area contributed by atoms with E-state index in [4.69, 9.17) is 34.8 Å². The molecule has 1 aromatic carbocycles. The van der Waals surface area contributed by atoms with E-state index in [2.05, 4.69) is 20.7 Å². The fourth-order valence-corrected chi connectivity index (χ4v) is 1.80. The molecule has 1 rings (SSSR count). The summed E-state index contributed by atoms with van der Waals surface area (Å²) in [5, 5.41) is -0.516. The van der Waals surface area contributed by atoms with Gasteiger partial charge in [0.1, 0.15) is 5.02 Å². The summed E-state index contributed by atoms with van der Waals surface area (Å²) in [5.74, 6) is -0.637. The lowest BCUT2D eigenvalue weighted by atomic mass is 10.3. The van der Waals surface area contributed by atoms with Gasteiger partial charge in [-0.1, -0.05) is 34.8 Å². The molecule has 0 radical (unpaired) electrons. The molecule has 0 saturated heterocycles. The Hall–Kier alpha value is 0.160. The van der Waals surface area contributed by atoms with Crippen LogP contribution in [-0.4, -0.2) is 6.36 Å². The molecule has 8 heteroatoms. The number of hydrogen-bond donors (Lipinski definition) is 0. The summed E-state index contributed by atoms with van der Waals surface area (Å²) in [4.78, 5) is 0. The Bertz CT molecular complexity index is 394. The molecule has 0 atom stereocenters. The van der Waals surface area contributed by atoms with Crippen LogP contribution in [0, 0.1) is 0 Å². The highest BCUT2D eigenvalue weighted by Gasteiger charge is 2.33. The van der Waals surface area contributed by atoms with Gasteiger partial charge < -0.3 is 4.74 Å². The molecule has 1 aromatic rings. The Kier molecular flexibility index (Phi) is 4.03. The summed E-state index contributed by atoms with van der Waals surface area (Å²) in [5.41, 5.74) is 0. The third-order valence-electron chi connectivity index (χ3n) is 1.29. The normalized spacial score (nSPS) is 11.7. The lowest BCUT2D eigenvalue weighted by Crippen LogP contribution is -2.17. The zero-order valence-electron chi connectivity index (χ0n) is 6.63. The molecule has 0 amide bonds. The molecule has 1 nitrogen and oxygen atoms in total. The molecular weight excluding hydrogens is 343 g/mol. The van der Waals surface area contributed by atoms with Gasteiger partial charge in [-0.05, 0) is 15.9 Å². The molecule has 0 bridgehead atoms. The van der Waals surface area contributed by atoms with Crippen LogP contribution in [0.25, 0.3) is 0 Å². The molecule has 0 heterocycles. The van der Waals surface area contributed by atoms with Gasteiger partial charge in [-0.25, -0.2) is 0 Å². The highest BCUT2D eigenvalue weighted by Crippen LogP contribution is 2.43. The second-order valence-corrected chi connectivity index (χ2v) is 4.30. The summed E-state index contributed by atoms with van der Waals surface area (Å²) in [6, 6.07) is 0.924. The van der Waals surface area contributed by atoms with Crippen molar-refractivity contribution in [2.75, 3.05) is 0 Å². The lowest BCUT2D eigenvalue weighted by Gasteiger charge is -2.12. The minimum Gasteiger partial charge on any atom is -0.404 e. The van der Waals surface area contributed by atoms with E-state index in [9.17, 15) is 13.2 Å². The first kappa shape index (κ1) is 13.2. The van der Waals surface area contributed by atoms with Gasteiger partial charge in [-0.3, -0.25) is 0 Å². The predicted octanol–water partition coefficient (Wildman–Crippen LogP) is 5.31. The lowest BCUT2D eigenvalue weighted by molar-refractivity contribution is -0.274. The van der Waals surface area contributed by atoms with Gasteiger partial charge in [0.15, 0.2) is 5.75 Å². The van der Waals surface area contributed by atoms with Gasteiger partial charge in [-0.2, -0.15) is 0 Å². The van der Waals surface area contributed by atoms with Crippen molar-refractivity contribution in [3.05, 3.63) is 25.6 Å². The van der Waals surface area contributed by atoms with E-state index in [1.54, 1.807) is 0 Å². The maximum absolute atomic E-state index is 11.9. The second-order valence-electron chi connectivity index (χ2n) is 2.35. The van der Waals surface area contributed by atoms with Crippen LogP contribution in [0.3, 0.4) is 0 Å². The van der Waals surface area contributed by atoms with Crippen molar-refractivity contribution in [3.8, 4) is 5.75 Å². The van der Waals surface area contributed by atoms with E-state index in [0.717, 1.165) is 6.07 Å². The third kappa shape index (κ3) is 3.31. The fraction of sp³-hybridized carbons (Fsp3) is 0.143. The largest absolute Gasteiger partial charge is 0.573 e. The molecule has 0 spiro atoms. The van der Waals surface area contributed by atoms with Crippen LogP contribution in [0.2, 0.25) is 15.1 Å². The molecule has 15 heavy (non-hydrogen) atoms. The third-order valence-corrected chi connectivity index (χ3v) is 3.72. The van der Waals surface area contributed by atoms with Crippen molar-refractivity contribution in [2.45, 2.75) is 6.36 Å². The van der Waals surface area contributed by atoms with Crippen LogP contribution in [0.4, 0.5) is 13.2 Å². The first-order valence-electron chi connectivity index (χ1n) is 3.31. The van der Waals surface area contributed by atoms with Gasteiger partial charge in [-0.15, -0.1) is 13.2 Å². The van der Waals surface area contributed by atoms with Crippen molar-refractivity contribution in [1.29, 1.82) is 0 Å². The number of benzene rings is 1. The minimum atomic E-state index is -4.84. The summed E-state index contributed by atoms with van der Waals surface area (Å²) in [6.45, 7) is 0. The SMILES string of the molecule is FC(F)(F)Oc1cc(Cl)c(Br)c(Cl)c1Cl. The summed E-state index contributed by atoms with van der Waals surface area (Å²) >= 11 is 19.7. The van der Waals surface area contributed by atoms with Crippen molar-refractivity contribution in [3.63, 3.8) is 0 Å². The highest BCUT2D eigenvalue weighted by molar-refractivity contribution is 9.10. The van der Waals surface area contributed by atoms with E-state index < -0.39 is 12.1 Å². The predicted molar refractivity (Wildman–Crippen MR) is 55.9 cm³/mol. The van der Waals surface area contributed by atoms with Gasteiger partial charge in [0.2, 0.25) is 0 Å². The first-order chi connectivity index (χ1) is 6.72. The second kappa shape index (κ2) is 4.57. The molecule has 0 N–H and O–H groups in total. The standard InChI is InChI=1S/C7HBrCl3F3O/c8-4-2(9)1-3(5(10)6(4)11)15-7(12,13)14/h1H. The van der Waals surface area contributed by atoms with E-state index in [1.807, 2.05) is 0 Å². The first-order valence-corrected chi connectivity index (χ1v) is 5.24. The topological polar surface area (TPSA) is 9.23 Å². The van der Waals surface area contributed by atoms with E-state index >= 15 is 0 Å². The number of alkyl halides is 3. The summed E-state index contributed by atoms with van der Waals surface area (Å²) < 4.78 is 39.6.